The van der Waals surface area contributed by atoms with Gasteiger partial charge in [-0.25, -0.2) is 5.43 Å². The molecule has 200 valence electrons. The van der Waals surface area contributed by atoms with E-state index in [1.54, 1.807) is 30.3 Å². The number of nitrogens with two attached hydrogens (primary N) is 2. The molecule has 1 unspecified atom stereocenters. The smallest absolute Gasteiger partial charge is 0.320 e. The Bertz CT molecular complexity index is 1150. The van der Waals surface area contributed by atoms with E-state index >= 15 is 0 Å². The van der Waals surface area contributed by atoms with Crippen LogP contribution in [0.4, 0.5) is 0 Å². The lowest BCUT2D eigenvalue weighted by Crippen LogP contribution is -2.47. The van der Waals surface area contributed by atoms with Gasteiger partial charge in [0.15, 0.2) is 5.96 Å². The summed E-state index contributed by atoms with van der Waals surface area (Å²) in [5, 5.41) is 19.4. The number of carboxylic acid groups (broad SMARTS) is 1. The van der Waals surface area contributed by atoms with Crippen molar-refractivity contribution in [3.05, 3.63) is 67.6 Å². The summed E-state index contributed by atoms with van der Waals surface area (Å²) in [6.07, 6.45) is -0.394. The number of carboxylic acids is 1. The summed E-state index contributed by atoms with van der Waals surface area (Å²) in [5.41, 5.74) is 15.2. The first kappa shape index (κ1) is 30.6. The number of amides is 2. The number of hydrogen-bond donors (Lipinski definition) is 5. The van der Waals surface area contributed by atoms with Gasteiger partial charge in [-0.1, -0.05) is 52.5 Å². The molecule has 0 saturated carbocycles. The summed E-state index contributed by atoms with van der Waals surface area (Å²) >= 11 is 24.4. The van der Waals surface area contributed by atoms with Crippen molar-refractivity contribution in [3.8, 4) is 0 Å². The summed E-state index contributed by atoms with van der Waals surface area (Å²) < 4.78 is 0. The van der Waals surface area contributed by atoms with Crippen molar-refractivity contribution in [1.29, 1.82) is 5.41 Å². The van der Waals surface area contributed by atoms with Gasteiger partial charge in [-0.15, -0.1) is 0 Å². The molecule has 1 atom stereocenters. The van der Waals surface area contributed by atoms with Crippen molar-refractivity contribution in [2.75, 3.05) is 6.54 Å². The number of rotatable bonds is 12. The van der Waals surface area contributed by atoms with Gasteiger partial charge < -0.3 is 16.6 Å². The predicted octanol–water partition coefficient (Wildman–Crippen LogP) is 3.64. The van der Waals surface area contributed by atoms with Gasteiger partial charge in [0, 0.05) is 33.2 Å². The molecule has 2 rings (SSSR count). The lowest BCUT2D eigenvalue weighted by Gasteiger charge is -2.26. The summed E-state index contributed by atoms with van der Waals surface area (Å²) in [6, 6.07) is 8.59. The van der Waals surface area contributed by atoms with Crippen LogP contribution in [0.2, 0.25) is 20.1 Å². The predicted molar refractivity (Wildman–Crippen MR) is 143 cm³/mol. The molecular weight excluding hydrogens is 566 g/mol. The van der Waals surface area contributed by atoms with E-state index in [4.69, 9.17) is 68.4 Å². The number of halogens is 4. The highest BCUT2D eigenvalue weighted by Crippen LogP contribution is 2.23. The molecule has 0 fully saturated rings. The largest absolute Gasteiger partial charge is 0.480 e. The molecular formula is C23H26Cl4N6O4. The van der Waals surface area contributed by atoms with Crippen LogP contribution >= 0.6 is 46.4 Å². The lowest BCUT2D eigenvalue weighted by molar-refractivity contribution is -0.141. The average Bonchev–Trinajstić information content (AvgIpc) is 2.79. The zero-order chi connectivity index (χ0) is 27.7. The lowest BCUT2D eigenvalue weighted by atomic mass is 10.1. The van der Waals surface area contributed by atoms with E-state index in [1.165, 1.54) is 11.1 Å². The van der Waals surface area contributed by atoms with Crippen molar-refractivity contribution in [3.63, 3.8) is 0 Å². The molecule has 0 radical (unpaired) electrons. The minimum absolute atomic E-state index is 0.00997. The van der Waals surface area contributed by atoms with Crippen molar-refractivity contribution in [2.45, 2.75) is 38.4 Å². The van der Waals surface area contributed by atoms with E-state index in [-0.39, 0.29) is 32.5 Å². The molecule has 2 aromatic rings. The van der Waals surface area contributed by atoms with Crippen LogP contribution in [0.1, 0.15) is 30.4 Å². The first-order valence-corrected chi connectivity index (χ1v) is 12.4. The Balaban J connectivity index is 2.16. The number of nitrogens with one attached hydrogen (secondary N) is 2. The molecule has 2 amide bonds. The molecule has 14 heteroatoms. The zero-order valence-corrected chi connectivity index (χ0v) is 22.5. The maximum absolute atomic E-state index is 13.2. The average molecular weight is 592 g/mol. The Hall–Kier alpha value is -2.60. The Kier molecular flexibility index (Phi) is 11.9. The van der Waals surface area contributed by atoms with Crippen LogP contribution in [-0.2, 0) is 27.5 Å². The molecule has 0 aliphatic rings. The van der Waals surface area contributed by atoms with Gasteiger partial charge in [0.2, 0.25) is 11.8 Å². The van der Waals surface area contributed by atoms with E-state index in [2.05, 4.69) is 5.43 Å². The van der Waals surface area contributed by atoms with Gasteiger partial charge >= 0.3 is 5.97 Å². The fourth-order valence-electron chi connectivity index (χ4n) is 3.24. The van der Waals surface area contributed by atoms with Crippen LogP contribution in [0.3, 0.4) is 0 Å². The third-order valence-corrected chi connectivity index (χ3v) is 6.17. The molecule has 0 aliphatic heterocycles. The van der Waals surface area contributed by atoms with Gasteiger partial charge in [0.25, 0.3) is 0 Å². The molecule has 0 saturated heterocycles. The number of guanidine groups is 1. The second kappa shape index (κ2) is 14.4. The first-order chi connectivity index (χ1) is 17.4. The number of hydrazine groups is 1. The second-order valence-electron chi connectivity index (χ2n) is 8.02. The normalized spacial score (nSPS) is 11.6. The molecule has 0 bridgehead atoms. The monoisotopic (exact) mass is 590 g/mol. The molecule has 10 nitrogen and oxygen atoms in total. The quantitative estimate of drug-likeness (QED) is 0.109. The highest BCUT2D eigenvalue weighted by atomic mass is 35.5. The molecule has 0 aliphatic carbocycles. The van der Waals surface area contributed by atoms with E-state index in [9.17, 15) is 14.4 Å². The van der Waals surface area contributed by atoms with Gasteiger partial charge in [-0.05, 0) is 54.3 Å². The van der Waals surface area contributed by atoms with Crippen LogP contribution in [0, 0.1) is 5.41 Å². The van der Waals surface area contributed by atoms with Crippen molar-refractivity contribution < 1.29 is 19.5 Å². The van der Waals surface area contributed by atoms with Gasteiger partial charge in [0.1, 0.15) is 12.5 Å². The summed E-state index contributed by atoms with van der Waals surface area (Å²) in [4.78, 5) is 37.8. The fraction of sp³-hybridized carbons (Fsp3) is 0.304. The van der Waals surface area contributed by atoms with E-state index in [1.807, 2.05) is 0 Å². The number of hydrogen-bond acceptors (Lipinski definition) is 6. The van der Waals surface area contributed by atoms with Crippen LogP contribution in [0.5, 0.6) is 0 Å². The van der Waals surface area contributed by atoms with Crippen LogP contribution in [0.25, 0.3) is 0 Å². The Labute approximate surface area is 233 Å². The molecule has 0 aromatic heterocycles. The summed E-state index contributed by atoms with van der Waals surface area (Å²) in [7, 11) is 0. The first-order valence-electron chi connectivity index (χ1n) is 10.9. The molecule has 0 spiro atoms. The minimum atomic E-state index is -1.18. The zero-order valence-electron chi connectivity index (χ0n) is 19.5. The number of aliphatic carboxylic acids is 1. The minimum Gasteiger partial charge on any atom is -0.480 e. The van der Waals surface area contributed by atoms with E-state index in [0.29, 0.717) is 31.2 Å². The third-order valence-electron chi connectivity index (χ3n) is 5.15. The van der Waals surface area contributed by atoms with Gasteiger partial charge in [0.05, 0.1) is 6.54 Å². The van der Waals surface area contributed by atoms with E-state index < -0.39 is 36.2 Å². The van der Waals surface area contributed by atoms with Crippen LogP contribution in [0.15, 0.2) is 36.4 Å². The van der Waals surface area contributed by atoms with Crippen LogP contribution in [-0.4, -0.2) is 51.3 Å². The number of benzene rings is 2. The SMILES string of the molecule is N=C(N)N(CCCC(N)C(=O)O)C(=O)CC(=O)N(Cc1ccc(Cl)cc1Cl)NCc1cc(Cl)cc(Cl)c1. The number of nitrogens with zero attached hydrogens (tertiary/aromatic N) is 2. The summed E-state index contributed by atoms with van der Waals surface area (Å²) in [6.45, 7) is 0.0682. The highest BCUT2D eigenvalue weighted by Gasteiger charge is 2.24. The Morgan fingerprint density at radius 2 is 1.65 bits per heavy atom. The van der Waals surface area contributed by atoms with Crippen molar-refractivity contribution in [1.82, 2.24) is 15.3 Å². The third kappa shape index (κ3) is 9.99. The Morgan fingerprint density at radius 3 is 2.22 bits per heavy atom. The number of carbonyl (C=O) groups is 3. The highest BCUT2D eigenvalue weighted by molar-refractivity contribution is 6.35. The van der Waals surface area contributed by atoms with Crippen molar-refractivity contribution in [2.24, 2.45) is 11.5 Å². The second-order valence-corrected chi connectivity index (χ2v) is 9.74. The molecule has 37 heavy (non-hydrogen) atoms. The number of carbonyl (C=O) groups excluding carboxylic acids is 2. The standard InChI is InChI=1S/C23H26Cl4N6O4/c24-15-4-3-14(18(27)9-15)12-33(31-11-13-6-16(25)8-17(26)7-13)21(35)10-20(34)32(23(29)30)5-1-2-19(28)22(36)37/h3-4,6-9,19,31H,1-2,5,10-12,28H2,(H3,29,30)(H,36,37). The molecule has 7 N–H and O–H groups in total. The molecule has 2 aromatic carbocycles. The van der Waals surface area contributed by atoms with Crippen molar-refractivity contribution >= 4 is 70.1 Å². The summed E-state index contributed by atoms with van der Waals surface area (Å²) in [5.74, 6) is -3.12. The van der Waals surface area contributed by atoms with E-state index in [0.717, 1.165) is 4.90 Å². The topological polar surface area (TPSA) is 166 Å². The maximum Gasteiger partial charge on any atom is 0.320 e. The maximum atomic E-state index is 13.2. The van der Waals surface area contributed by atoms with Crippen LogP contribution < -0.4 is 16.9 Å². The fourth-order valence-corrected chi connectivity index (χ4v) is 4.28. The Morgan fingerprint density at radius 1 is 1.00 bits per heavy atom. The van der Waals surface area contributed by atoms with Gasteiger partial charge in [-0.2, -0.15) is 0 Å². The molecule has 0 heterocycles. The van der Waals surface area contributed by atoms with Gasteiger partial charge in [-0.3, -0.25) is 29.7 Å².